The van der Waals surface area contributed by atoms with E-state index >= 15 is 0 Å². The number of anilines is 1. The molecular formula is C9H12AlN5S. The molecule has 0 aliphatic rings. The van der Waals surface area contributed by atoms with E-state index in [1.54, 1.807) is 4.52 Å². The van der Waals surface area contributed by atoms with Crippen molar-refractivity contribution in [3.63, 3.8) is 0 Å². The van der Waals surface area contributed by atoms with E-state index in [4.69, 9.17) is 0 Å². The lowest BCUT2D eigenvalue weighted by Crippen LogP contribution is -2.06. The van der Waals surface area contributed by atoms with Gasteiger partial charge in [0.05, 0.1) is 6.20 Å². The molecule has 2 radical (unpaired) electrons. The minimum atomic E-state index is 0.402. The van der Waals surface area contributed by atoms with Crippen LogP contribution in [0.25, 0.3) is 5.65 Å². The Morgan fingerprint density at radius 2 is 2.19 bits per heavy atom. The summed E-state index contributed by atoms with van der Waals surface area (Å²) in [5.41, 5.74) is 2.01. The van der Waals surface area contributed by atoms with Crippen LogP contribution in [0.5, 0.6) is 0 Å². The summed E-state index contributed by atoms with van der Waals surface area (Å²) in [6, 6.07) is 0. The largest absolute Gasteiger partial charge is 0.461 e. The second-order valence-corrected chi connectivity index (χ2v) is 4.73. The SMILES string of the molecule is CSc1nc([NH][Al])n2ncc(C(C)C)c2n1. The molecule has 7 heteroatoms. The standard InChI is InChI=1S/C9H12N5S.Al/c1-5(2)6-4-11-14-7(6)12-9(15-3)13-8(14)10;/h4-5H,1-3H3,(H-,10,12,13);/q-1;+1. The summed E-state index contributed by atoms with van der Waals surface area (Å²) < 4.78 is 4.67. The van der Waals surface area contributed by atoms with Crippen LogP contribution in [0.15, 0.2) is 11.4 Å². The Balaban J connectivity index is 2.71. The summed E-state index contributed by atoms with van der Waals surface area (Å²) in [5, 5.41) is 5.04. The highest BCUT2D eigenvalue weighted by molar-refractivity contribution is 7.98. The second kappa shape index (κ2) is 4.62. The van der Waals surface area contributed by atoms with E-state index < -0.39 is 0 Å². The van der Waals surface area contributed by atoms with Gasteiger partial charge in [-0.05, 0) is 12.2 Å². The van der Waals surface area contributed by atoms with E-state index in [-0.39, 0.29) is 0 Å². The first-order chi connectivity index (χ1) is 7.67. The Morgan fingerprint density at radius 3 is 2.75 bits per heavy atom. The van der Waals surface area contributed by atoms with E-state index in [9.17, 15) is 0 Å². The number of thioether (sulfide) groups is 1. The summed E-state index contributed by atoms with van der Waals surface area (Å²) in [4.78, 5) is 8.82. The molecular weight excluding hydrogens is 237 g/mol. The molecule has 0 amide bonds. The Morgan fingerprint density at radius 1 is 1.44 bits per heavy atom. The van der Waals surface area contributed by atoms with Crippen LogP contribution >= 0.6 is 11.8 Å². The summed E-state index contributed by atoms with van der Waals surface area (Å²) >= 11 is 3.96. The average molecular weight is 249 g/mol. The number of rotatable bonds is 3. The molecule has 16 heavy (non-hydrogen) atoms. The van der Waals surface area contributed by atoms with Crippen LogP contribution in [0, 0.1) is 0 Å². The summed E-state index contributed by atoms with van der Waals surface area (Å²) in [6.07, 6.45) is 3.81. The lowest BCUT2D eigenvalue weighted by Gasteiger charge is -2.07. The van der Waals surface area contributed by atoms with Crippen molar-refractivity contribution in [2.24, 2.45) is 0 Å². The van der Waals surface area contributed by atoms with Crippen molar-refractivity contribution in [3.8, 4) is 0 Å². The van der Waals surface area contributed by atoms with Gasteiger partial charge in [0.2, 0.25) is 5.95 Å². The molecule has 0 unspecified atom stereocenters. The van der Waals surface area contributed by atoms with Gasteiger partial charge in [-0.2, -0.15) is 14.6 Å². The molecule has 1 N–H and O–H groups in total. The van der Waals surface area contributed by atoms with Crippen LogP contribution in [-0.4, -0.2) is 42.3 Å². The van der Waals surface area contributed by atoms with Crippen molar-refractivity contribution < 1.29 is 0 Å². The highest BCUT2D eigenvalue weighted by Gasteiger charge is 2.13. The lowest BCUT2D eigenvalue weighted by molar-refractivity contribution is 0.840. The number of hydrogen-bond donors (Lipinski definition) is 1. The molecule has 5 nitrogen and oxygen atoms in total. The van der Waals surface area contributed by atoms with Gasteiger partial charge in [0.1, 0.15) is 0 Å². The van der Waals surface area contributed by atoms with Gasteiger partial charge in [-0.15, -0.1) is 0 Å². The Labute approximate surface area is 107 Å². The Kier molecular flexibility index (Phi) is 3.38. The molecule has 0 saturated carbocycles. The van der Waals surface area contributed by atoms with Gasteiger partial charge in [-0.25, -0.2) is 4.98 Å². The maximum atomic E-state index is 4.49. The predicted octanol–water partition coefficient (Wildman–Crippen LogP) is 1.46. The second-order valence-electron chi connectivity index (χ2n) is 3.67. The fraction of sp³-hybridized carbons (Fsp3) is 0.444. The molecule has 2 aromatic heterocycles. The first kappa shape index (κ1) is 11.7. The molecule has 0 spiro atoms. The molecule has 2 rings (SSSR count). The zero-order valence-corrected chi connectivity index (χ0v) is 11.4. The highest BCUT2D eigenvalue weighted by atomic mass is 32.2. The summed E-state index contributed by atoms with van der Waals surface area (Å²) in [7, 11) is 0. The first-order valence-corrected chi connectivity index (χ1v) is 6.74. The number of nitrogens with one attached hydrogen (secondary N) is 1. The summed E-state index contributed by atoms with van der Waals surface area (Å²) in [6.45, 7) is 4.26. The van der Waals surface area contributed by atoms with Crippen LogP contribution in [0.3, 0.4) is 0 Å². The molecule has 2 heterocycles. The van der Waals surface area contributed by atoms with Gasteiger partial charge < -0.3 is 4.30 Å². The highest BCUT2D eigenvalue weighted by Crippen LogP contribution is 2.22. The Hall–Kier alpha value is -0.768. The maximum Gasteiger partial charge on any atom is 0.310 e. The van der Waals surface area contributed by atoms with Crippen molar-refractivity contribution in [3.05, 3.63) is 11.8 Å². The number of aromatic nitrogens is 4. The maximum absolute atomic E-state index is 4.49. The van der Waals surface area contributed by atoms with E-state index in [0.717, 1.165) is 16.4 Å². The van der Waals surface area contributed by atoms with Gasteiger partial charge in [0.15, 0.2) is 10.8 Å². The molecule has 2 aromatic rings. The summed E-state index contributed by atoms with van der Waals surface area (Å²) in [5.74, 6) is 1.09. The van der Waals surface area contributed by atoms with E-state index in [1.165, 1.54) is 11.8 Å². The fourth-order valence-electron chi connectivity index (χ4n) is 1.47. The molecule has 0 bridgehead atoms. The van der Waals surface area contributed by atoms with Crippen molar-refractivity contribution in [2.45, 2.75) is 24.9 Å². The number of hydrogen-bond acceptors (Lipinski definition) is 5. The van der Waals surface area contributed by atoms with Crippen LogP contribution in [0.2, 0.25) is 0 Å². The normalized spacial score (nSPS) is 11.2. The van der Waals surface area contributed by atoms with Crippen molar-refractivity contribution in [1.29, 1.82) is 0 Å². The lowest BCUT2D eigenvalue weighted by atomic mass is 10.1. The van der Waals surface area contributed by atoms with E-state index in [0.29, 0.717) is 11.9 Å². The van der Waals surface area contributed by atoms with Gasteiger partial charge >= 0.3 is 16.5 Å². The third-order valence-electron chi connectivity index (χ3n) is 2.31. The van der Waals surface area contributed by atoms with Crippen LogP contribution in [-0.2, 0) is 0 Å². The molecule has 0 aliphatic carbocycles. The van der Waals surface area contributed by atoms with Gasteiger partial charge in [0, 0.05) is 5.56 Å². The minimum Gasteiger partial charge on any atom is -0.461 e. The zero-order valence-electron chi connectivity index (χ0n) is 9.43. The first-order valence-electron chi connectivity index (χ1n) is 4.93. The molecule has 82 valence electrons. The molecule has 0 aliphatic heterocycles. The topological polar surface area (TPSA) is 55.1 Å². The monoisotopic (exact) mass is 249 g/mol. The quantitative estimate of drug-likeness (QED) is 0.659. The van der Waals surface area contributed by atoms with Gasteiger partial charge in [0.25, 0.3) is 0 Å². The Bertz CT molecular complexity index is 510. The molecule has 0 saturated heterocycles. The van der Waals surface area contributed by atoms with E-state index in [1.807, 2.05) is 12.5 Å². The van der Waals surface area contributed by atoms with Crippen LogP contribution in [0.1, 0.15) is 25.3 Å². The smallest absolute Gasteiger partial charge is 0.310 e. The minimum absolute atomic E-state index is 0.402. The third kappa shape index (κ3) is 1.91. The number of fused-ring (bicyclic) bond motifs is 1. The van der Waals surface area contributed by atoms with Crippen molar-refractivity contribution >= 4 is 39.9 Å². The third-order valence-corrected chi connectivity index (χ3v) is 3.11. The molecule has 0 fully saturated rings. The zero-order chi connectivity index (χ0) is 11.7. The van der Waals surface area contributed by atoms with Crippen LogP contribution < -0.4 is 4.30 Å². The van der Waals surface area contributed by atoms with Gasteiger partial charge in [-0.3, -0.25) is 0 Å². The van der Waals surface area contributed by atoms with Crippen LogP contribution in [0.4, 0.5) is 5.95 Å². The van der Waals surface area contributed by atoms with Crippen molar-refractivity contribution in [1.82, 2.24) is 19.6 Å². The van der Waals surface area contributed by atoms with Crippen molar-refractivity contribution in [2.75, 3.05) is 10.6 Å². The number of nitrogens with zero attached hydrogens (tertiary/aromatic N) is 4. The predicted molar refractivity (Wildman–Crippen MR) is 66.0 cm³/mol. The van der Waals surface area contributed by atoms with E-state index in [2.05, 4.69) is 49.7 Å². The fourth-order valence-corrected chi connectivity index (χ4v) is 2.01. The molecule has 0 aromatic carbocycles. The average Bonchev–Trinajstić information content (AvgIpc) is 2.71. The van der Waals surface area contributed by atoms with Gasteiger partial charge in [-0.1, -0.05) is 25.6 Å². The molecule has 0 atom stereocenters.